The van der Waals surface area contributed by atoms with E-state index in [0.717, 1.165) is 44.9 Å². The molecule has 1 amide bonds. The molecular weight excluding hydrogens is 699 g/mol. The third kappa shape index (κ3) is 37.8. The summed E-state index contributed by atoms with van der Waals surface area (Å²) in [5, 5.41) is 24.2. The Morgan fingerprint density at radius 2 is 1.04 bits per heavy atom. The number of carbonyl (C=O) groups excluding carboxylic acids is 1. The smallest absolute Gasteiger partial charge is 0.393 e. The van der Waals surface area contributed by atoms with Crippen molar-refractivity contribution in [3.8, 4) is 0 Å². The molecule has 0 aliphatic carbocycles. The van der Waals surface area contributed by atoms with E-state index in [1.54, 1.807) is 0 Å². The summed E-state index contributed by atoms with van der Waals surface area (Å²) in [6.07, 6.45) is 42.1. The Hall–Kier alpha value is -1.06. The molecule has 0 fully saturated rings. The Labute approximate surface area is 332 Å². The first-order chi connectivity index (χ1) is 26.3. The van der Waals surface area contributed by atoms with Gasteiger partial charge in [-0.1, -0.05) is 192 Å². The second kappa shape index (κ2) is 40.1. The van der Waals surface area contributed by atoms with Crippen LogP contribution in [-0.2, 0) is 18.4 Å². The lowest BCUT2D eigenvalue weighted by atomic mass is 10.0. The van der Waals surface area contributed by atoms with Crippen molar-refractivity contribution in [3.63, 3.8) is 0 Å². The van der Waals surface area contributed by atoms with Gasteiger partial charge < -0.3 is 26.2 Å². The molecule has 54 heavy (non-hydrogen) atoms. The molecule has 0 saturated heterocycles. The van der Waals surface area contributed by atoms with Gasteiger partial charge >= 0.3 is 7.82 Å². The van der Waals surface area contributed by atoms with Gasteiger partial charge in [0, 0.05) is 6.54 Å². The van der Waals surface area contributed by atoms with Gasteiger partial charge in [-0.15, -0.1) is 0 Å². The highest BCUT2D eigenvalue weighted by Crippen LogP contribution is 2.43. The van der Waals surface area contributed by atoms with Gasteiger partial charge in [0.15, 0.2) is 0 Å². The number of phosphoric acid groups is 1. The number of aliphatic hydroxyl groups is 2. The minimum Gasteiger partial charge on any atom is -0.393 e. The van der Waals surface area contributed by atoms with E-state index in [0.29, 0.717) is 12.8 Å². The van der Waals surface area contributed by atoms with E-state index in [1.165, 1.54) is 135 Å². The summed E-state index contributed by atoms with van der Waals surface area (Å²) in [7, 11) is -4.38. The molecule has 0 aromatic rings. The maximum absolute atomic E-state index is 12.8. The van der Waals surface area contributed by atoms with E-state index < -0.39 is 32.0 Å². The van der Waals surface area contributed by atoms with Crippen molar-refractivity contribution in [2.75, 3.05) is 19.8 Å². The Balaban J connectivity index is 4.25. The number of amides is 1. The van der Waals surface area contributed by atoms with Crippen LogP contribution in [0.2, 0.25) is 0 Å². The third-order valence-electron chi connectivity index (χ3n) is 10.1. The molecule has 0 heterocycles. The highest BCUT2D eigenvalue weighted by molar-refractivity contribution is 7.47. The van der Waals surface area contributed by atoms with Crippen molar-refractivity contribution in [2.45, 2.75) is 231 Å². The first-order valence-electron chi connectivity index (χ1n) is 22.5. The number of allylic oxidation sites excluding steroid dienone is 4. The van der Waals surface area contributed by atoms with Crippen LogP contribution in [0.1, 0.15) is 213 Å². The fraction of sp³-hybridized carbons (Fsp3) is 0.886. The van der Waals surface area contributed by atoms with Gasteiger partial charge in [0.05, 0.1) is 37.9 Å². The molecule has 9 nitrogen and oxygen atoms in total. The van der Waals surface area contributed by atoms with Crippen LogP contribution in [0.3, 0.4) is 0 Å². The monoisotopic (exact) mass is 787 g/mol. The van der Waals surface area contributed by atoms with Crippen molar-refractivity contribution < 1.29 is 33.5 Å². The topological polar surface area (TPSA) is 151 Å². The van der Waals surface area contributed by atoms with Gasteiger partial charge in [0.25, 0.3) is 0 Å². The number of phosphoric ester groups is 1. The van der Waals surface area contributed by atoms with Crippen molar-refractivity contribution >= 4 is 13.7 Å². The summed E-state index contributed by atoms with van der Waals surface area (Å²) in [4.78, 5) is 22.8. The van der Waals surface area contributed by atoms with Gasteiger partial charge in [-0.05, 0) is 38.5 Å². The quantitative estimate of drug-likeness (QED) is 0.0233. The van der Waals surface area contributed by atoms with Gasteiger partial charge in [-0.2, -0.15) is 0 Å². The van der Waals surface area contributed by atoms with Crippen LogP contribution in [0, 0.1) is 0 Å². The van der Waals surface area contributed by atoms with Crippen LogP contribution in [-0.4, -0.2) is 59.0 Å². The van der Waals surface area contributed by atoms with E-state index in [-0.39, 0.29) is 26.2 Å². The second-order valence-electron chi connectivity index (χ2n) is 15.5. The molecule has 0 bridgehead atoms. The molecule has 0 aliphatic rings. The largest absolute Gasteiger partial charge is 0.472 e. The summed E-state index contributed by atoms with van der Waals surface area (Å²) < 4.78 is 22.1. The first-order valence-corrected chi connectivity index (χ1v) is 24.0. The number of hydrogen-bond acceptors (Lipinski definition) is 7. The lowest BCUT2D eigenvalue weighted by Crippen LogP contribution is -2.47. The van der Waals surface area contributed by atoms with Gasteiger partial charge in [0.2, 0.25) is 5.91 Å². The summed E-state index contributed by atoms with van der Waals surface area (Å²) in [5.74, 6) is -0.417. The van der Waals surface area contributed by atoms with Crippen molar-refractivity contribution in [1.82, 2.24) is 5.32 Å². The molecule has 10 heteroatoms. The summed E-state index contributed by atoms with van der Waals surface area (Å²) >= 11 is 0. The normalized spacial score (nSPS) is 14.9. The Bertz CT molecular complexity index is 919. The highest BCUT2D eigenvalue weighted by Gasteiger charge is 2.28. The van der Waals surface area contributed by atoms with E-state index in [4.69, 9.17) is 14.8 Å². The Morgan fingerprint density at radius 3 is 1.52 bits per heavy atom. The molecule has 4 unspecified atom stereocenters. The molecule has 0 aromatic heterocycles. The average molecular weight is 787 g/mol. The van der Waals surface area contributed by atoms with Crippen LogP contribution >= 0.6 is 7.82 Å². The van der Waals surface area contributed by atoms with E-state index >= 15 is 0 Å². The van der Waals surface area contributed by atoms with Gasteiger partial charge in [-0.25, -0.2) is 4.57 Å². The van der Waals surface area contributed by atoms with Crippen LogP contribution in [0.5, 0.6) is 0 Å². The number of nitrogens with two attached hydrogens (primary N) is 1. The Kier molecular flexibility index (Phi) is 39.4. The van der Waals surface area contributed by atoms with Crippen molar-refractivity contribution in [1.29, 1.82) is 0 Å². The maximum atomic E-state index is 12.8. The zero-order valence-electron chi connectivity index (χ0n) is 35.1. The number of carbonyl (C=O) groups is 1. The molecule has 0 rings (SSSR count). The SMILES string of the molecule is CCCCC/C=C\C=C/CCCCCCCCCCC(O)CC(=O)NC(COP(=O)(O)OCCN)C(O)CCCCCCCCCCCCCCCCC. The Morgan fingerprint density at radius 1 is 0.630 bits per heavy atom. The standard InChI is InChI=1S/C44H87N2O7P/c1-3-5-7-9-11-13-15-17-19-20-22-23-25-27-29-31-33-35-41(47)39-44(49)46-42(40-53-54(50,51)52-38-37-45)43(48)36-34-32-30-28-26-24-21-18-16-14-12-10-8-6-4-2/h11,13,15,17,41-43,47-48H,3-10,12,14,16,18-40,45H2,1-2H3,(H,46,49)(H,50,51)/b13-11-,17-15-. The molecule has 6 N–H and O–H groups in total. The minimum atomic E-state index is -4.38. The number of aliphatic hydroxyl groups excluding tert-OH is 2. The third-order valence-corrected chi connectivity index (χ3v) is 11.1. The maximum Gasteiger partial charge on any atom is 0.472 e. The minimum absolute atomic E-state index is 0.0591. The van der Waals surface area contributed by atoms with E-state index in [2.05, 4.69) is 43.5 Å². The van der Waals surface area contributed by atoms with Crippen molar-refractivity contribution in [2.24, 2.45) is 5.73 Å². The molecule has 0 aliphatic heterocycles. The van der Waals surface area contributed by atoms with Crippen molar-refractivity contribution in [3.05, 3.63) is 24.3 Å². The highest BCUT2D eigenvalue weighted by atomic mass is 31.2. The lowest BCUT2D eigenvalue weighted by molar-refractivity contribution is -0.125. The molecule has 320 valence electrons. The lowest BCUT2D eigenvalue weighted by Gasteiger charge is -2.25. The summed E-state index contributed by atoms with van der Waals surface area (Å²) in [6, 6.07) is -0.897. The van der Waals surface area contributed by atoms with E-state index in [1.807, 2.05) is 0 Å². The van der Waals surface area contributed by atoms with Crippen LogP contribution in [0.4, 0.5) is 0 Å². The number of hydrogen-bond donors (Lipinski definition) is 5. The fourth-order valence-corrected chi connectivity index (χ4v) is 7.46. The van der Waals surface area contributed by atoms with Gasteiger partial charge in [0.1, 0.15) is 0 Å². The van der Waals surface area contributed by atoms with Gasteiger partial charge in [-0.3, -0.25) is 13.8 Å². The fourth-order valence-electron chi connectivity index (χ4n) is 6.70. The molecule has 0 saturated carbocycles. The molecule has 0 aromatic carbocycles. The first kappa shape index (κ1) is 52.9. The number of unbranched alkanes of at least 4 members (excludes halogenated alkanes) is 25. The van der Waals surface area contributed by atoms with Crippen LogP contribution < -0.4 is 11.1 Å². The number of rotatable bonds is 42. The average Bonchev–Trinajstić information content (AvgIpc) is 3.15. The summed E-state index contributed by atoms with van der Waals surface area (Å²) in [6.45, 7) is 4.02. The van der Waals surface area contributed by atoms with Crippen LogP contribution in [0.25, 0.3) is 0 Å². The molecule has 4 atom stereocenters. The second-order valence-corrected chi connectivity index (χ2v) is 16.9. The zero-order chi connectivity index (χ0) is 39.8. The molecule has 0 spiro atoms. The summed E-state index contributed by atoms with van der Waals surface area (Å²) in [5.41, 5.74) is 5.37. The predicted molar refractivity (Wildman–Crippen MR) is 227 cm³/mol. The van der Waals surface area contributed by atoms with Crippen LogP contribution in [0.15, 0.2) is 24.3 Å². The number of nitrogens with one attached hydrogen (secondary N) is 1. The predicted octanol–water partition coefficient (Wildman–Crippen LogP) is 11.5. The molecule has 0 radical (unpaired) electrons. The van der Waals surface area contributed by atoms with E-state index in [9.17, 15) is 24.5 Å². The molecular formula is C44H87N2O7P. The zero-order valence-corrected chi connectivity index (χ0v) is 36.0.